The summed E-state index contributed by atoms with van der Waals surface area (Å²) >= 11 is 3.31. The molecule has 2 aromatic rings. The Kier molecular flexibility index (Phi) is 5.15. The highest BCUT2D eigenvalue weighted by Crippen LogP contribution is 2.29. The predicted molar refractivity (Wildman–Crippen MR) is 80.4 cm³/mol. The van der Waals surface area contributed by atoms with Gasteiger partial charge in [-0.15, -0.1) is 0 Å². The van der Waals surface area contributed by atoms with E-state index >= 15 is 0 Å². The van der Waals surface area contributed by atoms with Gasteiger partial charge in [-0.25, -0.2) is 4.39 Å². The van der Waals surface area contributed by atoms with E-state index in [2.05, 4.69) is 15.9 Å². The van der Waals surface area contributed by atoms with Crippen molar-refractivity contribution in [3.8, 4) is 5.75 Å². The van der Waals surface area contributed by atoms with E-state index in [-0.39, 0.29) is 12.2 Å². The zero-order chi connectivity index (χ0) is 14.5. The Bertz CT molecular complexity index is 586. The standard InChI is InChI=1S/C16H16BrFO2/c1-2-20-16-6-4-3-5-13(16)15(19)10-11-9-12(17)7-8-14(11)18/h3-9,15,19H,2,10H2,1H3. The normalized spacial score (nSPS) is 12.2. The van der Waals surface area contributed by atoms with Crippen LogP contribution >= 0.6 is 15.9 Å². The average Bonchev–Trinajstić information content (AvgIpc) is 2.44. The summed E-state index contributed by atoms with van der Waals surface area (Å²) in [7, 11) is 0. The molecule has 0 amide bonds. The molecule has 1 unspecified atom stereocenters. The first-order valence-electron chi connectivity index (χ1n) is 6.45. The van der Waals surface area contributed by atoms with Crippen LogP contribution in [-0.4, -0.2) is 11.7 Å². The van der Waals surface area contributed by atoms with E-state index in [0.29, 0.717) is 23.5 Å². The molecule has 0 saturated heterocycles. The Hall–Kier alpha value is -1.39. The Morgan fingerprint density at radius 2 is 2.00 bits per heavy atom. The van der Waals surface area contributed by atoms with E-state index < -0.39 is 6.10 Å². The number of hydrogen-bond donors (Lipinski definition) is 1. The molecule has 2 nitrogen and oxygen atoms in total. The number of ether oxygens (including phenoxy) is 1. The molecule has 0 fully saturated rings. The molecule has 0 spiro atoms. The quantitative estimate of drug-likeness (QED) is 0.882. The Labute approximate surface area is 126 Å². The number of aliphatic hydroxyl groups excluding tert-OH is 1. The lowest BCUT2D eigenvalue weighted by Gasteiger charge is -2.16. The van der Waals surface area contributed by atoms with E-state index in [0.717, 1.165) is 4.47 Å². The summed E-state index contributed by atoms with van der Waals surface area (Å²) in [4.78, 5) is 0. The van der Waals surface area contributed by atoms with Crippen molar-refractivity contribution >= 4 is 15.9 Å². The molecule has 106 valence electrons. The number of hydrogen-bond acceptors (Lipinski definition) is 2. The molecule has 0 bridgehead atoms. The summed E-state index contributed by atoms with van der Waals surface area (Å²) < 4.78 is 20.0. The molecule has 1 atom stereocenters. The maximum atomic E-state index is 13.7. The van der Waals surface area contributed by atoms with Gasteiger partial charge in [0, 0.05) is 16.5 Å². The van der Waals surface area contributed by atoms with Gasteiger partial charge in [0.1, 0.15) is 11.6 Å². The SMILES string of the molecule is CCOc1ccccc1C(O)Cc1cc(Br)ccc1F. The maximum Gasteiger partial charge on any atom is 0.126 e. The minimum Gasteiger partial charge on any atom is -0.493 e. The lowest BCUT2D eigenvalue weighted by Crippen LogP contribution is -2.06. The van der Waals surface area contributed by atoms with Crippen molar-refractivity contribution in [1.82, 2.24) is 0 Å². The highest BCUT2D eigenvalue weighted by molar-refractivity contribution is 9.10. The Morgan fingerprint density at radius 1 is 1.25 bits per heavy atom. The van der Waals surface area contributed by atoms with Crippen LogP contribution in [0.4, 0.5) is 4.39 Å². The number of para-hydroxylation sites is 1. The van der Waals surface area contributed by atoms with E-state index in [1.807, 2.05) is 19.1 Å². The second-order valence-corrected chi connectivity index (χ2v) is 5.34. The van der Waals surface area contributed by atoms with Crippen LogP contribution < -0.4 is 4.74 Å². The van der Waals surface area contributed by atoms with Crippen molar-refractivity contribution in [3.63, 3.8) is 0 Å². The van der Waals surface area contributed by atoms with Gasteiger partial charge in [-0.1, -0.05) is 34.1 Å². The summed E-state index contributed by atoms with van der Waals surface area (Å²) in [6.45, 7) is 2.41. The van der Waals surface area contributed by atoms with Crippen LogP contribution in [0.25, 0.3) is 0 Å². The molecule has 0 aliphatic heterocycles. The fourth-order valence-electron chi connectivity index (χ4n) is 2.06. The first-order chi connectivity index (χ1) is 9.61. The maximum absolute atomic E-state index is 13.7. The first-order valence-corrected chi connectivity index (χ1v) is 7.24. The molecule has 0 radical (unpaired) electrons. The third-order valence-electron chi connectivity index (χ3n) is 3.00. The van der Waals surface area contributed by atoms with Gasteiger partial charge in [0.05, 0.1) is 12.7 Å². The third-order valence-corrected chi connectivity index (χ3v) is 3.49. The van der Waals surface area contributed by atoms with Gasteiger partial charge in [-0.3, -0.25) is 0 Å². The van der Waals surface area contributed by atoms with E-state index in [4.69, 9.17) is 4.74 Å². The minimum absolute atomic E-state index is 0.204. The van der Waals surface area contributed by atoms with Crippen LogP contribution in [0.1, 0.15) is 24.2 Å². The van der Waals surface area contributed by atoms with Gasteiger partial charge >= 0.3 is 0 Å². The van der Waals surface area contributed by atoms with Gasteiger partial charge in [-0.05, 0) is 36.8 Å². The summed E-state index contributed by atoms with van der Waals surface area (Å²) in [5, 5.41) is 10.3. The fraction of sp³-hybridized carbons (Fsp3) is 0.250. The minimum atomic E-state index is -0.804. The molecule has 0 saturated carbocycles. The van der Waals surface area contributed by atoms with Gasteiger partial charge in [0.25, 0.3) is 0 Å². The predicted octanol–water partition coefficient (Wildman–Crippen LogP) is 4.26. The monoisotopic (exact) mass is 338 g/mol. The fourth-order valence-corrected chi connectivity index (χ4v) is 2.47. The molecule has 0 aliphatic rings. The molecule has 0 aromatic heterocycles. The number of halogens is 2. The molecular formula is C16H16BrFO2. The highest BCUT2D eigenvalue weighted by atomic mass is 79.9. The van der Waals surface area contributed by atoms with Gasteiger partial charge in [-0.2, -0.15) is 0 Å². The third kappa shape index (κ3) is 3.58. The highest BCUT2D eigenvalue weighted by Gasteiger charge is 2.16. The average molecular weight is 339 g/mol. The van der Waals surface area contributed by atoms with Gasteiger partial charge in [0.2, 0.25) is 0 Å². The lowest BCUT2D eigenvalue weighted by atomic mass is 10.0. The molecule has 20 heavy (non-hydrogen) atoms. The van der Waals surface area contributed by atoms with Crippen molar-refractivity contribution in [2.24, 2.45) is 0 Å². The Balaban J connectivity index is 2.23. The topological polar surface area (TPSA) is 29.5 Å². The molecule has 2 aromatic carbocycles. The zero-order valence-corrected chi connectivity index (χ0v) is 12.7. The molecule has 2 rings (SSSR count). The number of rotatable bonds is 5. The van der Waals surface area contributed by atoms with Crippen molar-refractivity contribution in [2.45, 2.75) is 19.4 Å². The van der Waals surface area contributed by atoms with Crippen molar-refractivity contribution in [3.05, 3.63) is 63.9 Å². The van der Waals surface area contributed by atoms with Gasteiger partial charge < -0.3 is 9.84 Å². The lowest BCUT2D eigenvalue weighted by molar-refractivity contribution is 0.171. The van der Waals surface area contributed by atoms with Crippen LogP contribution in [0.5, 0.6) is 5.75 Å². The second kappa shape index (κ2) is 6.86. The first kappa shape index (κ1) is 15.0. The summed E-state index contributed by atoms with van der Waals surface area (Å²) in [5.41, 5.74) is 1.15. The Morgan fingerprint density at radius 3 is 2.75 bits per heavy atom. The van der Waals surface area contributed by atoms with E-state index in [1.54, 1.807) is 24.3 Å². The molecule has 1 N–H and O–H groups in total. The summed E-state index contributed by atoms with van der Waals surface area (Å²) in [5.74, 6) is 0.319. The number of aliphatic hydroxyl groups is 1. The van der Waals surface area contributed by atoms with Crippen LogP contribution in [0, 0.1) is 5.82 Å². The van der Waals surface area contributed by atoms with Crippen LogP contribution in [-0.2, 0) is 6.42 Å². The van der Waals surface area contributed by atoms with Crippen LogP contribution in [0.3, 0.4) is 0 Å². The number of benzene rings is 2. The van der Waals surface area contributed by atoms with Crippen molar-refractivity contribution < 1.29 is 14.2 Å². The largest absolute Gasteiger partial charge is 0.493 e. The van der Waals surface area contributed by atoms with Crippen LogP contribution in [0.2, 0.25) is 0 Å². The molecular weight excluding hydrogens is 323 g/mol. The van der Waals surface area contributed by atoms with Crippen molar-refractivity contribution in [1.29, 1.82) is 0 Å². The van der Waals surface area contributed by atoms with E-state index in [1.165, 1.54) is 6.07 Å². The molecule has 0 aliphatic carbocycles. The zero-order valence-electron chi connectivity index (χ0n) is 11.1. The second-order valence-electron chi connectivity index (χ2n) is 4.43. The smallest absolute Gasteiger partial charge is 0.126 e. The van der Waals surface area contributed by atoms with Crippen LogP contribution in [0.15, 0.2) is 46.9 Å². The van der Waals surface area contributed by atoms with Crippen molar-refractivity contribution in [2.75, 3.05) is 6.61 Å². The van der Waals surface area contributed by atoms with E-state index in [9.17, 15) is 9.50 Å². The van der Waals surface area contributed by atoms with Gasteiger partial charge in [0.15, 0.2) is 0 Å². The molecule has 4 heteroatoms. The summed E-state index contributed by atoms with van der Waals surface area (Å²) in [6.07, 6.45) is -0.600. The molecule has 0 heterocycles. The summed E-state index contributed by atoms with van der Waals surface area (Å²) in [6, 6.07) is 12.0.